The smallest absolute Gasteiger partial charge is 0.258 e. The largest absolute Gasteiger partial charge is 0.494 e. The molecule has 3 aromatic rings. The highest BCUT2D eigenvalue weighted by atomic mass is 19.1. The van der Waals surface area contributed by atoms with Crippen molar-refractivity contribution in [3.8, 4) is 5.75 Å². The molecular formula is C18H15FN2O2. The van der Waals surface area contributed by atoms with Gasteiger partial charge in [-0.1, -0.05) is 24.3 Å². The van der Waals surface area contributed by atoms with Crippen molar-refractivity contribution >= 4 is 22.5 Å². The maximum Gasteiger partial charge on any atom is 0.258 e. The molecule has 0 aliphatic rings. The number of amides is 1. The Morgan fingerprint density at radius 1 is 1.17 bits per heavy atom. The van der Waals surface area contributed by atoms with Gasteiger partial charge in [0, 0.05) is 11.1 Å². The Hall–Kier alpha value is -2.95. The van der Waals surface area contributed by atoms with Gasteiger partial charge in [0.1, 0.15) is 17.1 Å². The molecular weight excluding hydrogens is 295 g/mol. The van der Waals surface area contributed by atoms with Gasteiger partial charge in [-0.3, -0.25) is 4.79 Å². The molecule has 0 atom stereocenters. The minimum absolute atomic E-state index is 0.00184. The predicted octanol–water partition coefficient (Wildman–Crippen LogP) is 3.94. The Labute approximate surface area is 132 Å². The Kier molecular flexibility index (Phi) is 3.93. The van der Waals surface area contributed by atoms with Crippen molar-refractivity contribution in [2.75, 3.05) is 12.4 Å². The quantitative estimate of drug-likeness (QED) is 0.797. The normalized spacial score (nSPS) is 10.6. The van der Waals surface area contributed by atoms with Crippen LogP contribution in [0.3, 0.4) is 0 Å². The van der Waals surface area contributed by atoms with E-state index in [-0.39, 0.29) is 5.56 Å². The number of anilines is 1. The third-order valence-electron chi connectivity index (χ3n) is 3.52. The summed E-state index contributed by atoms with van der Waals surface area (Å²) in [6, 6.07) is 13.1. The topological polar surface area (TPSA) is 51.2 Å². The van der Waals surface area contributed by atoms with E-state index in [4.69, 9.17) is 4.74 Å². The first-order valence-corrected chi connectivity index (χ1v) is 7.10. The summed E-state index contributed by atoms with van der Waals surface area (Å²) >= 11 is 0. The zero-order chi connectivity index (χ0) is 16.4. The number of carbonyl (C=O) groups is 1. The number of ether oxygens (including phenoxy) is 1. The second-order valence-corrected chi connectivity index (χ2v) is 5.10. The van der Waals surface area contributed by atoms with Crippen LogP contribution in [0.1, 0.15) is 16.1 Å². The van der Waals surface area contributed by atoms with E-state index < -0.39 is 11.7 Å². The van der Waals surface area contributed by atoms with Crippen molar-refractivity contribution in [1.29, 1.82) is 0 Å². The van der Waals surface area contributed by atoms with Gasteiger partial charge in [0.05, 0.1) is 18.4 Å². The number of rotatable bonds is 3. The summed E-state index contributed by atoms with van der Waals surface area (Å²) in [6.07, 6.45) is 0. The maximum atomic E-state index is 13.8. The van der Waals surface area contributed by atoms with Crippen LogP contribution in [0.2, 0.25) is 0 Å². The minimum atomic E-state index is -0.558. The molecule has 0 bridgehead atoms. The summed E-state index contributed by atoms with van der Waals surface area (Å²) < 4.78 is 19.1. The summed E-state index contributed by atoms with van der Waals surface area (Å²) in [6.45, 7) is 1.82. The predicted molar refractivity (Wildman–Crippen MR) is 87.4 cm³/mol. The van der Waals surface area contributed by atoms with Gasteiger partial charge in [0.15, 0.2) is 0 Å². The van der Waals surface area contributed by atoms with Crippen LogP contribution in [-0.4, -0.2) is 18.0 Å². The van der Waals surface area contributed by atoms with Crippen LogP contribution >= 0.6 is 0 Å². The van der Waals surface area contributed by atoms with Gasteiger partial charge in [-0.05, 0) is 31.2 Å². The summed E-state index contributed by atoms with van der Waals surface area (Å²) in [5.74, 6) is -0.442. The average Bonchev–Trinajstić information content (AvgIpc) is 2.54. The number of aryl methyl sites for hydroxylation is 1. The van der Waals surface area contributed by atoms with Crippen LogP contribution in [0, 0.1) is 12.7 Å². The second kappa shape index (κ2) is 6.04. The maximum absolute atomic E-state index is 13.8. The number of hydrogen-bond donors (Lipinski definition) is 1. The number of aromatic nitrogens is 1. The molecule has 5 heteroatoms. The van der Waals surface area contributed by atoms with E-state index in [1.165, 1.54) is 12.1 Å². The molecule has 23 heavy (non-hydrogen) atoms. The van der Waals surface area contributed by atoms with Gasteiger partial charge in [0.25, 0.3) is 5.91 Å². The van der Waals surface area contributed by atoms with Crippen molar-refractivity contribution in [3.63, 3.8) is 0 Å². The van der Waals surface area contributed by atoms with Gasteiger partial charge < -0.3 is 10.1 Å². The first kappa shape index (κ1) is 15.0. The number of pyridine rings is 1. The molecule has 0 unspecified atom stereocenters. The van der Waals surface area contributed by atoms with Crippen molar-refractivity contribution in [1.82, 2.24) is 4.98 Å². The fraction of sp³-hybridized carbons (Fsp3) is 0.111. The highest BCUT2D eigenvalue weighted by Gasteiger charge is 2.14. The number of methoxy groups -OCH3 is 1. The third-order valence-corrected chi connectivity index (χ3v) is 3.52. The number of fused-ring (bicyclic) bond motifs is 1. The molecule has 0 fully saturated rings. The Morgan fingerprint density at radius 2 is 1.96 bits per heavy atom. The van der Waals surface area contributed by atoms with Crippen LogP contribution in [0.15, 0.2) is 48.5 Å². The molecule has 0 aliphatic carbocycles. The molecule has 4 nitrogen and oxygen atoms in total. The zero-order valence-corrected chi connectivity index (χ0v) is 12.8. The molecule has 2 aromatic carbocycles. The van der Waals surface area contributed by atoms with E-state index in [1.54, 1.807) is 31.4 Å². The molecule has 0 saturated heterocycles. The number of nitrogens with one attached hydrogen (secondary N) is 1. The Balaban J connectivity index is 2.07. The lowest BCUT2D eigenvalue weighted by atomic mass is 10.1. The van der Waals surface area contributed by atoms with Gasteiger partial charge in [-0.15, -0.1) is 0 Å². The summed E-state index contributed by atoms with van der Waals surface area (Å²) in [4.78, 5) is 16.8. The van der Waals surface area contributed by atoms with Crippen molar-refractivity contribution in [2.45, 2.75) is 6.92 Å². The van der Waals surface area contributed by atoms with Gasteiger partial charge in [0.2, 0.25) is 0 Å². The minimum Gasteiger partial charge on any atom is -0.494 e. The van der Waals surface area contributed by atoms with Crippen molar-refractivity contribution in [3.05, 3.63) is 65.6 Å². The lowest BCUT2D eigenvalue weighted by Gasteiger charge is -2.12. The van der Waals surface area contributed by atoms with E-state index in [9.17, 15) is 9.18 Å². The number of halogens is 1. The fourth-order valence-electron chi connectivity index (χ4n) is 2.45. The monoisotopic (exact) mass is 310 g/mol. The van der Waals surface area contributed by atoms with Crippen LogP contribution in [-0.2, 0) is 0 Å². The van der Waals surface area contributed by atoms with Crippen molar-refractivity contribution < 1.29 is 13.9 Å². The third kappa shape index (κ3) is 2.85. The molecule has 1 N–H and O–H groups in total. The first-order valence-electron chi connectivity index (χ1n) is 7.10. The number of benzene rings is 2. The highest BCUT2D eigenvalue weighted by molar-refractivity contribution is 6.09. The standard InChI is InChI=1S/C18H15FN2O2/c1-11-10-15(13-7-5-9-16(23-2)17(13)20-11)21-18(22)12-6-3-4-8-14(12)19/h3-10H,1-2H3,(H,20,21,22). The summed E-state index contributed by atoms with van der Waals surface area (Å²) in [5.41, 5.74) is 1.95. The van der Waals surface area contributed by atoms with Crippen LogP contribution < -0.4 is 10.1 Å². The number of para-hydroxylation sites is 1. The number of hydrogen-bond acceptors (Lipinski definition) is 3. The van der Waals surface area contributed by atoms with Crippen LogP contribution in [0.25, 0.3) is 10.9 Å². The first-order chi connectivity index (χ1) is 11.1. The SMILES string of the molecule is COc1cccc2c(NC(=O)c3ccccc3F)cc(C)nc12. The molecule has 1 aromatic heterocycles. The molecule has 0 spiro atoms. The molecule has 1 amide bonds. The molecule has 1 heterocycles. The Bertz CT molecular complexity index is 893. The summed E-state index contributed by atoms with van der Waals surface area (Å²) in [5, 5.41) is 3.50. The van der Waals surface area contributed by atoms with E-state index in [2.05, 4.69) is 10.3 Å². The lowest BCUT2D eigenvalue weighted by molar-refractivity contribution is 0.102. The lowest BCUT2D eigenvalue weighted by Crippen LogP contribution is -2.14. The van der Waals surface area contributed by atoms with Crippen molar-refractivity contribution in [2.24, 2.45) is 0 Å². The second-order valence-electron chi connectivity index (χ2n) is 5.10. The molecule has 3 rings (SSSR count). The van der Waals surface area contributed by atoms with Gasteiger partial charge in [-0.25, -0.2) is 9.37 Å². The van der Waals surface area contributed by atoms with Gasteiger partial charge >= 0.3 is 0 Å². The average molecular weight is 310 g/mol. The Morgan fingerprint density at radius 3 is 2.70 bits per heavy atom. The van der Waals surface area contributed by atoms with Crippen LogP contribution in [0.5, 0.6) is 5.75 Å². The number of nitrogens with zero attached hydrogens (tertiary/aromatic N) is 1. The molecule has 0 aliphatic heterocycles. The van der Waals surface area contributed by atoms with Crippen LogP contribution in [0.4, 0.5) is 10.1 Å². The van der Waals surface area contributed by atoms with Gasteiger partial charge in [-0.2, -0.15) is 0 Å². The molecule has 0 radical (unpaired) electrons. The fourth-order valence-corrected chi connectivity index (χ4v) is 2.45. The number of carbonyl (C=O) groups excluding carboxylic acids is 1. The molecule has 116 valence electrons. The van der Waals surface area contributed by atoms with E-state index in [1.807, 2.05) is 19.1 Å². The molecule has 0 saturated carbocycles. The zero-order valence-electron chi connectivity index (χ0n) is 12.8. The van der Waals surface area contributed by atoms with E-state index in [0.29, 0.717) is 17.0 Å². The van der Waals surface area contributed by atoms with E-state index >= 15 is 0 Å². The highest BCUT2D eigenvalue weighted by Crippen LogP contribution is 2.30. The summed E-state index contributed by atoms with van der Waals surface area (Å²) in [7, 11) is 1.57. The van der Waals surface area contributed by atoms with E-state index in [0.717, 1.165) is 11.1 Å².